The predicted octanol–water partition coefficient (Wildman–Crippen LogP) is 2.54. The molecule has 0 amide bonds. The number of rotatable bonds is 6. The van der Waals surface area contributed by atoms with Crippen molar-refractivity contribution in [3.8, 4) is 0 Å². The minimum atomic E-state index is -3.35. The molecule has 0 saturated carbocycles. The van der Waals surface area contributed by atoms with Gasteiger partial charge in [-0.05, 0) is 30.2 Å². The van der Waals surface area contributed by atoms with Crippen LogP contribution in [0, 0.1) is 6.92 Å². The minimum Gasteiger partial charge on any atom is -0.309 e. The van der Waals surface area contributed by atoms with Crippen molar-refractivity contribution >= 4 is 10.0 Å². The van der Waals surface area contributed by atoms with E-state index >= 15 is 0 Å². The van der Waals surface area contributed by atoms with E-state index in [1.807, 2.05) is 18.2 Å². The summed E-state index contributed by atoms with van der Waals surface area (Å²) >= 11 is 0. The number of sulfonamides is 1. The van der Waals surface area contributed by atoms with Crippen LogP contribution < -0.4 is 5.32 Å². The Morgan fingerprint density at radius 2 is 1.59 bits per heavy atom. The van der Waals surface area contributed by atoms with Gasteiger partial charge in [0.15, 0.2) is 0 Å². The lowest BCUT2D eigenvalue weighted by atomic mass is 10.1. The Labute approximate surface area is 132 Å². The topological polar surface area (TPSA) is 49.4 Å². The van der Waals surface area contributed by atoms with Gasteiger partial charge in [0.05, 0.1) is 4.90 Å². The van der Waals surface area contributed by atoms with Crippen LogP contribution in [-0.4, -0.2) is 26.8 Å². The summed E-state index contributed by atoms with van der Waals surface area (Å²) in [6, 6.07) is 15.4. The van der Waals surface area contributed by atoms with Gasteiger partial charge in [-0.25, -0.2) is 12.7 Å². The fourth-order valence-corrected chi connectivity index (χ4v) is 3.07. The Kier molecular flexibility index (Phi) is 5.34. The zero-order valence-corrected chi connectivity index (χ0v) is 14.0. The van der Waals surface area contributed by atoms with Crippen molar-refractivity contribution in [1.82, 2.24) is 9.62 Å². The Bertz CT molecular complexity index is 723. The summed E-state index contributed by atoms with van der Waals surface area (Å²) in [6.45, 7) is 3.57. The molecule has 0 atom stereocenters. The van der Waals surface area contributed by atoms with E-state index in [2.05, 4.69) is 30.4 Å². The highest BCUT2D eigenvalue weighted by Gasteiger charge is 2.16. The summed E-state index contributed by atoms with van der Waals surface area (Å²) in [7, 11) is -0.280. The van der Waals surface area contributed by atoms with Crippen LogP contribution in [0.3, 0.4) is 0 Å². The standard InChI is InChI=1S/C17H22N2O2S/c1-14-5-4-6-16(11-14)13-18-12-15-7-9-17(10-8-15)22(20,21)19(2)3/h4-11,18H,12-13H2,1-3H3. The summed E-state index contributed by atoms with van der Waals surface area (Å²) in [6.07, 6.45) is 0. The molecule has 5 heteroatoms. The predicted molar refractivity (Wildman–Crippen MR) is 89.0 cm³/mol. The number of aryl methyl sites for hydroxylation is 1. The van der Waals surface area contributed by atoms with Crippen LogP contribution in [0.2, 0.25) is 0 Å². The highest BCUT2D eigenvalue weighted by Crippen LogP contribution is 2.14. The molecule has 0 saturated heterocycles. The summed E-state index contributed by atoms with van der Waals surface area (Å²) in [4.78, 5) is 0.319. The highest BCUT2D eigenvalue weighted by molar-refractivity contribution is 7.89. The van der Waals surface area contributed by atoms with E-state index in [1.54, 1.807) is 12.1 Å². The molecule has 2 aromatic carbocycles. The number of benzene rings is 2. The Balaban J connectivity index is 1.95. The maximum Gasteiger partial charge on any atom is 0.242 e. The third-order valence-corrected chi connectivity index (χ3v) is 5.27. The van der Waals surface area contributed by atoms with E-state index in [1.165, 1.54) is 29.5 Å². The molecule has 1 N–H and O–H groups in total. The Hall–Kier alpha value is -1.69. The van der Waals surface area contributed by atoms with Gasteiger partial charge in [-0.3, -0.25) is 0 Å². The van der Waals surface area contributed by atoms with Crippen molar-refractivity contribution in [3.05, 3.63) is 65.2 Å². The molecule has 0 fully saturated rings. The van der Waals surface area contributed by atoms with Crippen LogP contribution >= 0.6 is 0 Å². The number of nitrogens with zero attached hydrogens (tertiary/aromatic N) is 1. The van der Waals surface area contributed by atoms with Crippen LogP contribution in [0.25, 0.3) is 0 Å². The maximum atomic E-state index is 12.0. The van der Waals surface area contributed by atoms with E-state index in [0.29, 0.717) is 11.4 Å². The molecule has 22 heavy (non-hydrogen) atoms. The average molecular weight is 318 g/mol. The van der Waals surface area contributed by atoms with Gasteiger partial charge in [0.25, 0.3) is 0 Å². The first-order chi connectivity index (χ1) is 10.4. The second-order valence-electron chi connectivity index (χ2n) is 5.52. The largest absolute Gasteiger partial charge is 0.309 e. The fourth-order valence-electron chi connectivity index (χ4n) is 2.16. The quantitative estimate of drug-likeness (QED) is 0.890. The molecule has 0 aliphatic rings. The van der Waals surface area contributed by atoms with Gasteiger partial charge in [0, 0.05) is 27.2 Å². The van der Waals surface area contributed by atoms with Gasteiger partial charge in [-0.15, -0.1) is 0 Å². The second kappa shape index (κ2) is 7.05. The third kappa shape index (κ3) is 4.16. The first kappa shape index (κ1) is 16.7. The van der Waals surface area contributed by atoms with E-state index in [0.717, 1.165) is 12.1 Å². The van der Waals surface area contributed by atoms with E-state index in [9.17, 15) is 8.42 Å². The Morgan fingerprint density at radius 1 is 0.955 bits per heavy atom. The average Bonchev–Trinajstić information content (AvgIpc) is 2.48. The second-order valence-corrected chi connectivity index (χ2v) is 7.68. The molecule has 4 nitrogen and oxygen atoms in total. The van der Waals surface area contributed by atoms with Gasteiger partial charge in [-0.1, -0.05) is 42.0 Å². The number of nitrogens with one attached hydrogen (secondary N) is 1. The van der Waals surface area contributed by atoms with Crippen LogP contribution in [0.4, 0.5) is 0 Å². The van der Waals surface area contributed by atoms with Crippen molar-refractivity contribution in [3.63, 3.8) is 0 Å². The van der Waals surface area contributed by atoms with Crippen LogP contribution in [0.5, 0.6) is 0 Å². The molecule has 0 aromatic heterocycles. The molecule has 0 heterocycles. The van der Waals surface area contributed by atoms with Crippen molar-refractivity contribution < 1.29 is 8.42 Å². The van der Waals surface area contributed by atoms with Crippen molar-refractivity contribution in [2.45, 2.75) is 24.9 Å². The Morgan fingerprint density at radius 3 is 2.18 bits per heavy atom. The normalized spacial score (nSPS) is 11.8. The highest BCUT2D eigenvalue weighted by atomic mass is 32.2. The minimum absolute atomic E-state index is 0.319. The smallest absolute Gasteiger partial charge is 0.242 e. The van der Waals surface area contributed by atoms with Crippen LogP contribution in [0.15, 0.2) is 53.4 Å². The van der Waals surface area contributed by atoms with Gasteiger partial charge in [-0.2, -0.15) is 0 Å². The SMILES string of the molecule is Cc1cccc(CNCc2ccc(S(=O)(=O)N(C)C)cc2)c1. The monoisotopic (exact) mass is 318 g/mol. The number of hydrogen-bond donors (Lipinski definition) is 1. The van der Waals surface area contributed by atoms with Gasteiger partial charge in [0.2, 0.25) is 10.0 Å². The van der Waals surface area contributed by atoms with E-state index in [4.69, 9.17) is 0 Å². The van der Waals surface area contributed by atoms with Gasteiger partial charge in [0.1, 0.15) is 0 Å². The van der Waals surface area contributed by atoms with E-state index < -0.39 is 10.0 Å². The van der Waals surface area contributed by atoms with Crippen molar-refractivity contribution in [1.29, 1.82) is 0 Å². The third-order valence-electron chi connectivity index (χ3n) is 3.44. The molecule has 0 unspecified atom stereocenters. The van der Waals surface area contributed by atoms with Crippen molar-refractivity contribution in [2.24, 2.45) is 0 Å². The van der Waals surface area contributed by atoms with Crippen LogP contribution in [-0.2, 0) is 23.1 Å². The molecular formula is C17H22N2O2S. The summed E-state index contributed by atoms with van der Waals surface area (Å²) < 4.78 is 25.2. The molecule has 0 aliphatic carbocycles. The summed E-state index contributed by atoms with van der Waals surface area (Å²) in [5, 5.41) is 3.37. The molecule has 0 aliphatic heterocycles. The lowest BCUT2D eigenvalue weighted by molar-refractivity contribution is 0.520. The molecule has 2 aromatic rings. The lowest BCUT2D eigenvalue weighted by Gasteiger charge is -2.12. The fraction of sp³-hybridized carbons (Fsp3) is 0.294. The molecule has 2 rings (SSSR count). The van der Waals surface area contributed by atoms with E-state index in [-0.39, 0.29) is 0 Å². The molecule has 0 spiro atoms. The summed E-state index contributed by atoms with van der Waals surface area (Å²) in [5.74, 6) is 0. The molecular weight excluding hydrogens is 296 g/mol. The first-order valence-electron chi connectivity index (χ1n) is 7.17. The maximum absolute atomic E-state index is 12.0. The zero-order valence-electron chi connectivity index (χ0n) is 13.2. The molecule has 0 bridgehead atoms. The zero-order chi connectivity index (χ0) is 16.2. The molecule has 118 valence electrons. The first-order valence-corrected chi connectivity index (χ1v) is 8.61. The van der Waals surface area contributed by atoms with Gasteiger partial charge < -0.3 is 5.32 Å². The lowest BCUT2D eigenvalue weighted by Crippen LogP contribution is -2.22. The number of hydrogen-bond acceptors (Lipinski definition) is 3. The molecule has 0 radical (unpaired) electrons. The summed E-state index contributed by atoms with van der Waals surface area (Å²) in [5.41, 5.74) is 3.55. The van der Waals surface area contributed by atoms with Gasteiger partial charge >= 0.3 is 0 Å². The van der Waals surface area contributed by atoms with Crippen molar-refractivity contribution in [2.75, 3.05) is 14.1 Å². The van der Waals surface area contributed by atoms with Crippen LogP contribution in [0.1, 0.15) is 16.7 Å².